The van der Waals surface area contributed by atoms with E-state index in [1.807, 2.05) is 0 Å². The quantitative estimate of drug-likeness (QED) is 0.841. The summed E-state index contributed by atoms with van der Waals surface area (Å²) in [4.78, 5) is 0. The van der Waals surface area contributed by atoms with Gasteiger partial charge in [-0.25, -0.2) is 0 Å². The van der Waals surface area contributed by atoms with Crippen LogP contribution in [0.4, 0.5) is 13.2 Å². The van der Waals surface area contributed by atoms with Crippen molar-refractivity contribution < 1.29 is 22.8 Å². The van der Waals surface area contributed by atoms with E-state index >= 15 is 0 Å². The fourth-order valence-electron chi connectivity index (χ4n) is 1.42. The van der Waals surface area contributed by atoms with Gasteiger partial charge in [-0.2, -0.15) is 13.2 Å². The smallest absolute Gasteiger partial charge is 0.416 e. The van der Waals surface area contributed by atoms with Gasteiger partial charge in [0.05, 0.1) is 12.2 Å². The van der Waals surface area contributed by atoms with E-state index in [4.69, 9.17) is 0 Å². The molecule has 0 saturated heterocycles. The zero-order valence-corrected chi connectivity index (χ0v) is 12.3. The summed E-state index contributed by atoms with van der Waals surface area (Å²) in [5.41, 5.74) is -0.298. The van der Waals surface area contributed by atoms with Crippen molar-refractivity contribution in [3.63, 3.8) is 0 Å². The summed E-state index contributed by atoms with van der Waals surface area (Å²) < 4.78 is 51.5. The zero-order chi connectivity index (χ0) is 15.6. The molecule has 3 nitrogen and oxygen atoms in total. The maximum Gasteiger partial charge on any atom is 0.416 e. The summed E-state index contributed by atoms with van der Waals surface area (Å²) in [5.74, 6) is 0. The molecule has 7 heteroatoms. The largest absolute Gasteiger partial charge is 0.598 e. The van der Waals surface area contributed by atoms with Crippen LogP contribution in [0.1, 0.15) is 37.9 Å². The van der Waals surface area contributed by atoms with Gasteiger partial charge in [0.15, 0.2) is 0 Å². The van der Waals surface area contributed by atoms with Gasteiger partial charge in [0.25, 0.3) is 0 Å². The van der Waals surface area contributed by atoms with Gasteiger partial charge in [-0.3, -0.25) is 0 Å². The third-order valence-electron chi connectivity index (χ3n) is 2.63. The summed E-state index contributed by atoms with van der Waals surface area (Å²) in [6.45, 7) is 4.93. The monoisotopic (exact) mass is 309 g/mol. The van der Waals surface area contributed by atoms with E-state index in [0.29, 0.717) is 5.56 Å². The predicted molar refractivity (Wildman–Crippen MR) is 72.3 cm³/mol. The van der Waals surface area contributed by atoms with Gasteiger partial charge in [-0.05, 0) is 38.5 Å². The average molecular weight is 309 g/mol. The maximum atomic E-state index is 12.5. The molecule has 1 aromatic carbocycles. The van der Waals surface area contributed by atoms with E-state index in [-0.39, 0.29) is 6.61 Å². The topological polar surface area (TPSA) is 55.3 Å². The lowest BCUT2D eigenvalue weighted by Gasteiger charge is -2.27. The van der Waals surface area contributed by atoms with Crippen LogP contribution in [-0.4, -0.2) is 21.0 Å². The molecule has 0 amide bonds. The van der Waals surface area contributed by atoms with Crippen molar-refractivity contribution >= 4 is 11.4 Å². The fourth-order valence-corrected chi connectivity index (χ4v) is 2.24. The van der Waals surface area contributed by atoms with E-state index in [1.54, 1.807) is 20.8 Å². The minimum Gasteiger partial charge on any atom is -0.598 e. The number of aliphatic hydroxyl groups excluding tert-OH is 1. The van der Waals surface area contributed by atoms with Crippen LogP contribution >= 0.6 is 0 Å². The van der Waals surface area contributed by atoms with Gasteiger partial charge < -0.3 is 9.66 Å². The highest BCUT2D eigenvalue weighted by Gasteiger charge is 2.32. The number of halogens is 3. The van der Waals surface area contributed by atoms with Crippen molar-refractivity contribution in [2.75, 3.05) is 6.61 Å². The van der Waals surface area contributed by atoms with Crippen LogP contribution in [0.25, 0.3) is 0 Å². The van der Waals surface area contributed by atoms with E-state index in [9.17, 15) is 22.8 Å². The summed E-state index contributed by atoms with van der Waals surface area (Å²) in [5, 5.41) is 9.30. The van der Waals surface area contributed by atoms with Crippen LogP contribution < -0.4 is 4.72 Å². The molecule has 0 saturated carbocycles. The standard InChI is InChI=1S/C13H18F3NO2S/c1-12(2,3)20(19)17-11(8-18)9-4-6-10(7-5-9)13(14,15)16/h4-7,11,17-18H,8H2,1-3H3/t11-,20?/m1/s1. The lowest BCUT2D eigenvalue weighted by Crippen LogP contribution is -2.42. The molecule has 0 aliphatic carbocycles. The van der Waals surface area contributed by atoms with Gasteiger partial charge in [-0.1, -0.05) is 12.1 Å². The highest BCUT2D eigenvalue weighted by atomic mass is 32.2. The van der Waals surface area contributed by atoms with Crippen LogP contribution in [0, 0.1) is 0 Å². The first-order chi connectivity index (χ1) is 9.05. The lowest BCUT2D eigenvalue weighted by atomic mass is 10.1. The van der Waals surface area contributed by atoms with E-state index in [0.717, 1.165) is 12.1 Å². The van der Waals surface area contributed by atoms with Crippen LogP contribution in [0.15, 0.2) is 24.3 Å². The van der Waals surface area contributed by atoms with Gasteiger partial charge >= 0.3 is 6.18 Å². The second-order valence-electron chi connectivity index (χ2n) is 5.35. The Hall–Kier alpha value is -0.760. The molecule has 114 valence electrons. The normalized spacial score (nSPS) is 16.0. The molecule has 2 N–H and O–H groups in total. The fraction of sp³-hybridized carbons (Fsp3) is 0.538. The highest BCUT2D eigenvalue weighted by Crippen LogP contribution is 2.30. The van der Waals surface area contributed by atoms with Crippen LogP contribution in [0.2, 0.25) is 0 Å². The first-order valence-electron chi connectivity index (χ1n) is 6.02. The number of alkyl halides is 3. The van der Waals surface area contributed by atoms with E-state index in [2.05, 4.69) is 4.72 Å². The summed E-state index contributed by atoms with van der Waals surface area (Å²) in [6.07, 6.45) is -4.39. The average Bonchev–Trinajstić information content (AvgIpc) is 2.33. The van der Waals surface area contributed by atoms with Crippen LogP contribution in [0.3, 0.4) is 0 Å². The summed E-state index contributed by atoms with van der Waals surface area (Å²) in [6, 6.07) is 3.77. The third kappa shape index (κ3) is 4.66. The highest BCUT2D eigenvalue weighted by molar-refractivity contribution is 7.90. The molecular formula is C13H18F3NO2S. The molecular weight excluding hydrogens is 291 g/mol. The number of benzene rings is 1. The maximum absolute atomic E-state index is 12.5. The second kappa shape index (κ2) is 6.34. The first kappa shape index (κ1) is 17.3. The van der Waals surface area contributed by atoms with Crippen molar-refractivity contribution in [3.05, 3.63) is 35.4 Å². The van der Waals surface area contributed by atoms with Crippen molar-refractivity contribution in [2.45, 2.75) is 37.7 Å². The Balaban J connectivity index is 2.86. The molecule has 0 bridgehead atoms. The van der Waals surface area contributed by atoms with Crippen LogP contribution in [0.5, 0.6) is 0 Å². The first-order valence-corrected chi connectivity index (χ1v) is 7.16. The molecule has 0 heterocycles. The molecule has 0 fully saturated rings. The molecule has 20 heavy (non-hydrogen) atoms. The minimum absolute atomic E-state index is 0.354. The Morgan fingerprint density at radius 3 is 2.05 bits per heavy atom. The predicted octanol–water partition coefficient (Wildman–Crippen LogP) is 2.79. The molecule has 0 spiro atoms. The van der Waals surface area contributed by atoms with Gasteiger partial charge in [0.2, 0.25) is 0 Å². The number of nitrogens with one attached hydrogen (secondary N) is 1. The number of rotatable bonds is 4. The number of hydrogen-bond donors (Lipinski definition) is 2. The van der Waals surface area contributed by atoms with E-state index in [1.165, 1.54) is 12.1 Å². The molecule has 0 aliphatic rings. The molecule has 2 atom stereocenters. The Kier molecular flexibility index (Phi) is 5.48. The molecule has 1 unspecified atom stereocenters. The minimum atomic E-state index is -4.39. The van der Waals surface area contributed by atoms with E-state index < -0.39 is 33.9 Å². The summed E-state index contributed by atoms with van der Waals surface area (Å²) in [7, 11) is 0. The summed E-state index contributed by atoms with van der Waals surface area (Å²) >= 11 is -1.42. The Bertz CT molecular complexity index is 429. The molecule has 1 aromatic rings. The van der Waals surface area contributed by atoms with Gasteiger partial charge in [0.1, 0.15) is 10.8 Å². The molecule has 0 aliphatic heterocycles. The van der Waals surface area contributed by atoms with Crippen molar-refractivity contribution in [1.82, 2.24) is 4.72 Å². The van der Waals surface area contributed by atoms with Gasteiger partial charge in [-0.15, -0.1) is 4.72 Å². The molecule has 0 aromatic heterocycles. The van der Waals surface area contributed by atoms with Crippen molar-refractivity contribution in [3.8, 4) is 0 Å². The SMILES string of the molecule is CC(C)(C)[S+]([O-])N[C@H](CO)c1ccc(C(F)(F)F)cc1. The lowest BCUT2D eigenvalue weighted by molar-refractivity contribution is -0.137. The molecule has 1 rings (SSSR count). The Labute approximate surface area is 119 Å². The number of hydrogen-bond acceptors (Lipinski definition) is 3. The van der Waals surface area contributed by atoms with Gasteiger partial charge in [0, 0.05) is 11.4 Å². The Morgan fingerprint density at radius 2 is 1.70 bits per heavy atom. The number of aliphatic hydroxyl groups is 1. The third-order valence-corrected chi connectivity index (χ3v) is 4.24. The van der Waals surface area contributed by atoms with Crippen molar-refractivity contribution in [1.29, 1.82) is 0 Å². The second-order valence-corrected chi connectivity index (χ2v) is 7.35. The van der Waals surface area contributed by atoms with Crippen LogP contribution in [-0.2, 0) is 17.5 Å². The molecule has 0 radical (unpaired) electrons. The Morgan fingerprint density at radius 1 is 1.20 bits per heavy atom. The zero-order valence-electron chi connectivity index (χ0n) is 11.5. The van der Waals surface area contributed by atoms with Crippen molar-refractivity contribution in [2.24, 2.45) is 0 Å².